The molecular weight excluding hydrogens is 300 g/mol. The van der Waals surface area contributed by atoms with Crippen molar-refractivity contribution in [3.63, 3.8) is 0 Å². The lowest BCUT2D eigenvalue weighted by atomic mass is 10.0. The molecule has 94 valence electrons. The zero-order chi connectivity index (χ0) is 12.3. The molecule has 1 saturated heterocycles. The molecule has 0 radical (unpaired) electrons. The van der Waals surface area contributed by atoms with Crippen molar-refractivity contribution in [2.24, 2.45) is 0 Å². The Kier molecular flexibility index (Phi) is 4.77. The summed E-state index contributed by atoms with van der Waals surface area (Å²) in [5.41, 5.74) is 0. The van der Waals surface area contributed by atoms with Crippen LogP contribution in [0.15, 0.2) is 10.5 Å². The quantitative estimate of drug-likeness (QED) is 0.772. The Morgan fingerprint density at radius 1 is 1.59 bits per heavy atom. The van der Waals surface area contributed by atoms with Crippen LogP contribution in [0, 0.1) is 6.92 Å². The zero-order valence-electron chi connectivity index (χ0n) is 10.0. The Morgan fingerprint density at radius 3 is 3.00 bits per heavy atom. The van der Waals surface area contributed by atoms with Gasteiger partial charge in [0, 0.05) is 22.4 Å². The summed E-state index contributed by atoms with van der Waals surface area (Å²) in [6.45, 7) is 2.89. The Labute approximate surface area is 114 Å². The molecule has 0 saturated carbocycles. The van der Waals surface area contributed by atoms with Gasteiger partial charge in [-0.3, -0.25) is 4.79 Å². The zero-order valence-corrected chi connectivity index (χ0v) is 12.4. The fraction of sp³-hybridized carbons (Fsp3) is 0.615. The van der Waals surface area contributed by atoms with E-state index >= 15 is 0 Å². The topological polar surface area (TPSA) is 26.3 Å². The monoisotopic (exact) mass is 316 g/mol. The first-order valence-electron chi connectivity index (χ1n) is 6.07. The van der Waals surface area contributed by atoms with Crippen LogP contribution in [0.5, 0.6) is 0 Å². The molecule has 1 aliphatic heterocycles. The first-order chi connectivity index (χ1) is 8.16. The van der Waals surface area contributed by atoms with E-state index in [9.17, 15) is 4.79 Å². The molecular formula is C13H17BrO2S. The number of ketones is 1. The molecule has 17 heavy (non-hydrogen) atoms. The van der Waals surface area contributed by atoms with Gasteiger partial charge in [-0.2, -0.15) is 0 Å². The molecule has 0 amide bonds. The van der Waals surface area contributed by atoms with E-state index in [2.05, 4.69) is 15.9 Å². The van der Waals surface area contributed by atoms with Gasteiger partial charge in [0.1, 0.15) is 0 Å². The minimum Gasteiger partial charge on any atom is -0.378 e. The third-order valence-corrected chi connectivity index (χ3v) is 5.28. The normalized spacial score (nSPS) is 20.5. The number of hydrogen-bond donors (Lipinski definition) is 0. The molecule has 2 heterocycles. The molecule has 0 aromatic carbocycles. The van der Waals surface area contributed by atoms with Crippen molar-refractivity contribution in [2.75, 3.05) is 6.61 Å². The summed E-state index contributed by atoms with van der Waals surface area (Å²) in [4.78, 5) is 14.0. The molecule has 2 nitrogen and oxygen atoms in total. The number of thiophene rings is 1. The van der Waals surface area contributed by atoms with Gasteiger partial charge in [0.15, 0.2) is 5.78 Å². The number of halogens is 1. The van der Waals surface area contributed by atoms with Crippen LogP contribution in [0.4, 0.5) is 0 Å². The molecule has 1 aromatic rings. The van der Waals surface area contributed by atoms with E-state index in [-0.39, 0.29) is 5.78 Å². The lowest BCUT2D eigenvalue weighted by Crippen LogP contribution is -2.19. The van der Waals surface area contributed by atoms with Crippen molar-refractivity contribution >= 4 is 33.0 Å². The average molecular weight is 317 g/mol. The van der Waals surface area contributed by atoms with E-state index in [0.717, 1.165) is 28.8 Å². The molecule has 4 heteroatoms. The van der Waals surface area contributed by atoms with Gasteiger partial charge in [-0.05, 0) is 54.6 Å². The highest BCUT2D eigenvalue weighted by Gasteiger charge is 2.17. The Balaban J connectivity index is 1.84. The molecule has 1 unspecified atom stereocenters. The second-order valence-corrected chi connectivity index (χ2v) is 6.58. The van der Waals surface area contributed by atoms with Gasteiger partial charge in [0.25, 0.3) is 0 Å². The van der Waals surface area contributed by atoms with Crippen LogP contribution in [-0.2, 0) is 4.74 Å². The predicted molar refractivity (Wildman–Crippen MR) is 73.9 cm³/mol. The highest BCUT2D eigenvalue weighted by atomic mass is 79.9. The minimum absolute atomic E-state index is 0.248. The van der Waals surface area contributed by atoms with Gasteiger partial charge < -0.3 is 4.74 Å². The summed E-state index contributed by atoms with van der Waals surface area (Å²) in [7, 11) is 0. The Bertz CT molecular complexity index is 375. The predicted octanol–water partition coefficient (Wildman–Crippen LogP) is 4.35. The number of rotatable bonds is 4. The number of ether oxygens (including phenoxy) is 1. The number of carbonyl (C=O) groups is 1. The fourth-order valence-electron chi connectivity index (χ4n) is 2.05. The molecule has 0 N–H and O–H groups in total. The summed E-state index contributed by atoms with van der Waals surface area (Å²) in [6, 6.07) is 1.93. The molecule has 1 aliphatic rings. The van der Waals surface area contributed by atoms with Crippen molar-refractivity contribution in [1.29, 1.82) is 0 Å². The lowest BCUT2D eigenvalue weighted by molar-refractivity contribution is 0.0105. The second-order valence-electron chi connectivity index (χ2n) is 4.47. The Morgan fingerprint density at radius 2 is 2.41 bits per heavy atom. The first-order valence-corrected chi connectivity index (χ1v) is 7.68. The lowest BCUT2D eigenvalue weighted by Gasteiger charge is -2.21. The number of hydrogen-bond acceptors (Lipinski definition) is 3. The molecule has 0 aliphatic carbocycles. The van der Waals surface area contributed by atoms with Gasteiger partial charge in [-0.1, -0.05) is 0 Å². The molecule has 0 bridgehead atoms. The first kappa shape index (κ1) is 13.2. The van der Waals surface area contributed by atoms with Crippen LogP contribution in [0.1, 0.15) is 46.7 Å². The van der Waals surface area contributed by atoms with Gasteiger partial charge in [0.2, 0.25) is 0 Å². The van der Waals surface area contributed by atoms with Gasteiger partial charge in [-0.15, -0.1) is 11.3 Å². The maximum absolute atomic E-state index is 12.0. The molecule has 1 aromatic heterocycles. The average Bonchev–Trinajstić information content (AvgIpc) is 2.68. The van der Waals surface area contributed by atoms with Crippen LogP contribution >= 0.6 is 27.3 Å². The molecule has 1 atom stereocenters. The summed E-state index contributed by atoms with van der Waals surface area (Å²) in [6.07, 6.45) is 5.30. The van der Waals surface area contributed by atoms with E-state index in [1.807, 2.05) is 13.0 Å². The number of carbonyl (C=O) groups excluding carboxylic acids is 1. The second kappa shape index (κ2) is 6.12. The van der Waals surface area contributed by atoms with Crippen LogP contribution in [0.3, 0.4) is 0 Å². The third kappa shape index (κ3) is 3.63. The summed E-state index contributed by atoms with van der Waals surface area (Å²) in [5, 5.41) is 0. The van der Waals surface area contributed by atoms with Crippen molar-refractivity contribution in [3.8, 4) is 0 Å². The largest absolute Gasteiger partial charge is 0.378 e. The molecule has 1 fully saturated rings. The van der Waals surface area contributed by atoms with E-state index in [1.54, 1.807) is 11.3 Å². The number of Topliss-reactive ketones (excluding diaryl/α,β-unsaturated/α-hetero) is 1. The van der Waals surface area contributed by atoms with Crippen molar-refractivity contribution < 1.29 is 9.53 Å². The summed E-state index contributed by atoms with van der Waals surface area (Å²) < 4.78 is 6.68. The van der Waals surface area contributed by atoms with Crippen LogP contribution in [0.2, 0.25) is 0 Å². The molecule has 0 spiro atoms. The summed E-state index contributed by atoms with van der Waals surface area (Å²) >= 11 is 5.02. The van der Waals surface area contributed by atoms with Gasteiger partial charge in [-0.25, -0.2) is 0 Å². The van der Waals surface area contributed by atoms with Crippen molar-refractivity contribution in [2.45, 2.75) is 45.1 Å². The van der Waals surface area contributed by atoms with Crippen LogP contribution in [0.25, 0.3) is 0 Å². The van der Waals surface area contributed by atoms with Crippen molar-refractivity contribution in [1.82, 2.24) is 0 Å². The van der Waals surface area contributed by atoms with Gasteiger partial charge >= 0.3 is 0 Å². The van der Waals surface area contributed by atoms with E-state index in [1.165, 1.54) is 17.7 Å². The standard InChI is InChI=1S/C13H17BrO2S/c1-9-11(14)8-13(17-9)12(15)6-5-10-4-2-3-7-16-10/h8,10H,2-7H2,1H3. The van der Waals surface area contributed by atoms with E-state index < -0.39 is 0 Å². The smallest absolute Gasteiger partial charge is 0.172 e. The van der Waals surface area contributed by atoms with Crippen molar-refractivity contribution in [3.05, 3.63) is 20.3 Å². The SMILES string of the molecule is Cc1sc(C(=O)CCC2CCCCO2)cc1Br. The fourth-order valence-corrected chi connectivity index (χ4v) is 3.55. The summed E-state index contributed by atoms with van der Waals surface area (Å²) in [5.74, 6) is 0.248. The Hall–Kier alpha value is -0.190. The van der Waals surface area contributed by atoms with Crippen LogP contribution in [-0.4, -0.2) is 18.5 Å². The highest BCUT2D eigenvalue weighted by Crippen LogP contribution is 2.28. The van der Waals surface area contributed by atoms with Gasteiger partial charge in [0.05, 0.1) is 11.0 Å². The maximum Gasteiger partial charge on any atom is 0.172 e. The highest BCUT2D eigenvalue weighted by molar-refractivity contribution is 9.10. The third-order valence-electron chi connectivity index (χ3n) is 3.10. The van der Waals surface area contributed by atoms with E-state index in [4.69, 9.17) is 4.74 Å². The minimum atomic E-state index is 0.248. The maximum atomic E-state index is 12.0. The van der Waals surface area contributed by atoms with E-state index in [0.29, 0.717) is 12.5 Å². The van der Waals surface area contributed by atoms with Crippen LogP contribution < -0.4 is 0 Å². The number of aryl methyl sites for hydroxylation is 1. The molecule has 2 rings (SSSR count).